The van der Waals surface area contributed by atoms with E-state index < -0.39 is 5.82 Å². The molecule has 2 heterocycles. The molecule has 0 spiro atoms. The Balaban J connectivity index is 2.02. The number of fused-ring (bicyclic) bond motifs is 1. The first-order valence-electron chi connectivity index (χ1n) is 6.46. The molecule has 0 fully saturated rings. The van der Waals surface area contributed by atoms with Crippen molar-refractivity contribution >= 4 is 23.1 Å². The molecule has 4 nitrogen and oxygen atoms in total. The van der Waals surface area contributed by atoms with Gasteiger partial charge in [-0.15, -0.1) is 0 Å². The Hall–Kier alpha value is -2.34. The highest BCUT2D eigenvalue weighted by atomic mass is 32.1. The van der Waals surface area contributed by atoms with Crippen molar-refractivity contribution in [1.29, 1.82) is 0 Å². The molecule has 0 unspecified atom stereocenters. The Bertz CT molecular complexity index is 902. The molecule has 3 aromatic rings. The molecule has 1 N–H and O–H groups in total. The van der Waals surface area contributed by atoms with Crippen LogP contribution in [0.1, 0.15) is 5.56 Å². The Labute approximate surface area is 124 Å². The van der Waals surface area contributed by atoms with E-state index in [2.05, 4.69) is 9.97 Å². The van der Waals surface area contributed by atoms with E-state index in [1.165, 1.54) is 22.8 Å². The molecule has 0 bridgehead atoms. The molecule has 2 aromatic heterocycles. The number of pyridine rings is 1. The van der Waals surface area contributed by atoms with Crippen LogP contribution in [0.5, 0.6) is 0 Å². The second-order valence-corrected chi connectivity index (χ2v) is 5.07. The molecular formula is C15H12FN3OS. The van der Waals surface area contributed by atoms with Crippen molar-refractivity contribution in [3.8, 4) is 0 Å². The van der Waals surface area contributed by atoms with Crippen LogP contribution in [-0.2, 0) is 13.0 Å². The Kier molecular flexibility index (Phi) is 3.62. The number of aryl methyl sites for hydroxylation is 1. The van der Waals surface area contributed by atoms with Gasteiger partial charge in [0.1, 0.15) is 5.82 Å². The maximum atomic E-state index is 13.3. The van der Waals surface area contributed by atoms with Crippen molar-refractivity contribution in [3.05, 3.63) is 69.2 Å². The Morgan fingerprint density at radius 3 is 2.95 bits per heavy atom. The first kappa shape index (κ1) is 13.6. The normalized spacial score (nSPS) is 10.9. The molecule has 0 aliphatic rings. The van der Waals surface area contributed by atoms with Crippen molar-refractivity contribution in [2.75, 3.05) is 0 Å². The van der Waals surface area contributed by atoms with Crippen LogP contribution in [0.2, 0.25) is 0 Å². The molecule has 0 saturated heterocycles. The van der Waals surface area contributed by atoms with E-state index in [0.29, 0.717) is 28.6 Å². The van der Waals surface area contributed by atoms with E-state index in [-0.39, 0.29) is 5.56 Å². The lowest BCUT2D eigenvalue weighted by atomic mass is 10.2. The number of benzene rings is 1. The first-order valence-corrected chi connectivity index (χ1v) is 6.87. The maximum Gasteiger partial charge on any atom is 0.262 e. The highest BCUT2D eigenvalue weighted by Gasteiger charge is 2.07. The third-order valence-electron chi connectivity index (χ3n) is 3.29. The molecule has 1 aromatic carbocycles. The van der Waals surface area contributed by atoms with Gasteiger partial charge in [0, 0.05) is 18.9 Å². The predicted molar refractivity (Wildman–Crippen MR) is 81.3 cm³/mol. The average Bonchev–Trinajstić information content (AvgIpc) is 2.49. The Morgan fingerprint density at radius 1 is 1.33 bits per heavy atom. The third-order valence-corrected chi connectivity index (χ3v) is 3.61. The average molecular weight is 301 g/mol. The zero-order valence-electron chi connectivity index (χ0n) is 11.0. The van der Waals surface area contributed by atoms with Crippen LogP contribution in [-0.4, -0.2) is 14.5 Å². The molecule has 0 amide bonds. The Morgan fingerprint density at radius 2 is 2.19 bits per heavy atom. The zero-order valence-corrected chi connectivity index (χ0v) is 11.9. The smallest absolute Gasteiger partial charge is 0.262 e. The lowest BCUT2D eigenvalue weighted by Crippen LogP contribution is -2.23. The van der Waals surface area contributed by atoms with Crippen LogP contribution in [0.4, 0.5) is 4.39 Å². The van der Waals surface area contributed by atoms with Gasteiger partial charge in [0.2, 0.25) is 0 Å². The van der Waals surface area contributed by atoms with Crippen LogP contribution >= 0.6 is 12.2 Å². The number of aromatic amines is 1. The molecule has 6 heteroatoms. The van der Waals surface area contributed by atoms with Crippen molar-refractivity contribution in [3.63, 3.8) is 0 Å². The van der Waals surface area contributed by atoms with Gasteiger partial charge in [-0.25, -0.2) is 4.39 Å². The van der Waals surface area contributed by atoms with Crippen LogP contribution in [0.25, 0.3) is 10.9 Å². The summed E-state index contributed by atoms with van der Waals surface area (Å²) in [6.07, 6.45) is 4.07. The molecular weight excluding hydrogens is 289 g/mol. The summed E-state index contributed by atoms with van der Waals surface area (Å²) < 4.78 is 15.1. The number of nitrogens with one attached hydrogen (secondary N) is 1. The number of nitrogens with zero attached hydrogens (tertiary/aromatic N) is 2. The van der Waals surface area contributed by atoms with Gasteiger partial charge in [-0.1, -0.05) is 6.07 Å². The highest BCUT2D eigenvalue weighted by molar-refractivity contribution is 7.71. The standard InChI is InChI=1S/C15H12FN3OS/c16-11-3-4-13-12(8-11)14(20)19(15(21)18-13)7-5-10-2-1-6-17-9-10/h1-4,6,8-9H,5,7H2,(H,18,21). The van der Waals surface area contributed by atoms with Crippen LogP contribution < -0.4 is 5.56 Å². The summed E-state index contributed by atoms with van der Waals surface area (Å²) in [6.45, 7) is 0.423. The van der Waals surface area contributed by atoms with Gasteiger partial charge >= 0.3 is 0 Å². The summed E-state index contributed by atoms with van der Waals surface area (Å²) in [4.78, 5) is 19.4. The predicted octanol–water partition coefficient (Wildman–Crippen LogP) is 2.84. The molecule has 0 saturated carbocycles. The van der Waals surface area contributed by atoms with Crippen molar-refractivity contribution in [2.45, 2.75) is 13.0 Å². The molecule has 106 valence electrons. The van der Waals surface area contributed by atoms with Gasteiger partial charge in [-0.3, -0.25) is 14.3 Å². The number of hydrogen-bond acceptors (Lipinski definition) is 3. The van der Waals surface area contributed by atoms with Crippen molar-refractivity contribution in [2.24, 2.45) is 0 Å². The largest absolute Gasteiger partial charge is 0.332 e. The topological polar surface area (TPSA) is 50.7 Å². The summed E-state index contributed by atoms with van der Waals surface area (Å²) in [5.74, 6) is -0.441. The molecule has 0 aliphatic carbocycles. The second-order valence-electron chi connectivity index (χ2n) is 4.69. The highest BCUT2D eigenvalue weighted by Crippen LogP contribution is 2.09. The van der Waals surface area contributed by atoms with Gasteiger partial charge in [0.05, 0.1) is 10.9 Å². The minimum Gasteiger partial charge on any atom is -0.332 e. The number of rotatable bonds is 3. The summed E-state index contributed by atoms with van der Waals surface area (Å²) >= 11 is 5.21. The molecule has 21 heavy (non-hydrogen) atoms. The quantitative estimate of drug-likeness (QED) is 0.757. The van der Waals surface area contributed by atoms with E-state index in [0.717, 1.165) is 5.56 Å². The van der Waals surface area contributed by atoms with Gasteiger partial charge in [0.15, 0.2) is 4.77 Å². The second kappa shape index (κ2) is 5.57. The monoisotopic (exact) mass is 301 g/mol. The van der Waals surface area contributed by atoms with E-state index >= 15 is 0 Å². The molecule has 0 atom stereocenters. The molecule has 0 aliphatic heterocycles. The lowest BCUT2D eigenvalue weighted by molar-refractivity contribution is 0.626. The molecule has 0 radical (unpaired) electrons. The van der Waals surface area contributed by atoms with Crippen LogP contribution in [0.15, 0.2) is 47.5 Å². The van der Waals surface area contributed by atoms with E-state index in [4.69, 9.17) is 12.2 Å². The van der Waals surface area contributed by atoms with Gasteiger partial charge < -0.3 is 4.98 Å². The number of aromatic nitrogens is 3. The minimum atomic E-state index is -0.441. The van der Waals surface area contributed by atoms with Crippen molar-refractivity contribution in [1.82, 2.24) is 14.5 Å². The lowest BCUT2D eigenvalue weighted by Gasteiger charge is -2.08. The number of H-pyrrole nitrogens is 1. The SMILES string of the molecule is O=c1c2cc(F)ccc2[nH]c(=S)n1CCc1cccnc1. The summed E-state index contributed by atoms with van der Waals surface area (Å²) in [7, 11) is 0. The van der Waals surface area contributed by atoms with E-state index in [9.17, 15) is 9.18 Å². The van der Waals surface area contributed by atoms with Gasteiger partial charge in [0.25, 0.3) is 5.56 Å². The van der Waals surface area contributed by atoms with Gasteiger partial charge in [-0.05, 0) is 48.5 Å². The summed E-state index contributed by atoms with van der Waals surface area (Å²) in [5, 5.41) is 0.301. The molecule has 3 rings (SSSR count). The van der Waals surface area contributed by atoms with Crippen LogP contribution in [0.3, 0.4) is 0 Å². The maximum absolute atomic E-state index is 13.3. The summed E-state index contributed by atoms with van der Waals surface area (Å²) in [6, 6.07) is 7.82. The number of hydrogen-bond donors (Lipinski definition) is 1. The fourth-order valence-electron chi connectivity index (χ4n) is 2.21. The van der Waals surface area contributed by atoms with Gasteiger partial charge in [-0.2, -0.15) is 0 Å². The fourth-order valence-corrected chi connectivity index (χ4v) is 2.50. The van der Waals surface area contributed by atoms with E-state index in [1.54, 1.807) is 12.4 Å². The fraction of sp³-hybridized carbons (Fsp3) is 0.133. The summed E-state index contributed by atoms with van der Waals surface area (Å²) in [5.41, 5.74) is 1.28. The third kappa shape index (κ3) is 2.75. The zero-order chi connectivity index (χ0) is 14.8. The number of halogens is 1. The van der Waals surface area contributed by atoms with Crippen molar-refractivity contribution < 1.29 is 4.39 Å². The van der Waals surface area contributed by atoms with Crippen LogP contribution in [0, 0.1) is 10.6 Å². The first-order chi connectivity index (χ1) is 10.1. The van der Waals surface area contributed by atoms with E-state index in [1.807, 2.05) is 12.1 Å². The minimum absolute atomic E-state index is 0.280.